The number of hydrogen-bond donors (Lipinski definition) is 1. The summed E-state index contributed by atoms with van der Waals surface area (Å²) in [6, 6.07) is 0.351. The second-order valence-corrected chi connectivity index (χ2v) is 8.57. The molecule has 0 spiro atoms. The molecule has 5 nitrogen and oxygen atoms in total. The van der Waals surface area contributed by atoms with Crippen LogP contribution in [0.3, 0.4) is 0 Å². The summed E-state index contributed by atoms with van der Waals surface area (Å²) in [5, 5.41) is 3.55. The Labute approximate surface area is 129 Å². The minimum Gasteiger partial charge on any atom is -0.374 e. The Hall–Kier alpha value is -0.170. The molecule has 2 heterocycles. The van der Waals surface area contributed by atoms with Gasteiger partial charge in [0.05, 0.1) is 18.5 Å². The predicted octanol–water partition coefficient (Wildman–Crippen LogP) is 1.59. The van der Waals surface area contributed by atoms with Crippen LogP contribution in [0.5, 0.6) is 0 Å². The number of likely N-dealkylation sites (N-methyl/N-ethyl adjacent to an activating group) is 1. The van der Waals surface area contributed by atoms with Crippen LogP contribution in [-0.2, 0) is 14.8 Å². The highest BCUT2D eigenvalue weighted by Gasteiger charge is 2.33. The van der Waals surface area contributed by atoms with Crippen molar-refractivity contribution in [2.75, 3.05) is 25.9 Å². The van der Waals surface area contributed by atoms with Gasteiger partial charge in [-0.25, -0.2) is 12.7 Å². The molecular weight excluding hydrogens is 288 g/mol. The van der Waals surface area contributed by atoms with Crippen molar-refractivity contribution in [3.05, 3.63) is 0 Å². The molecule has 0 radical (unpaired) electrons. The van der Waals surface area contributed by atoms with Crippen molar-refractivity contribution in [3.63, 3.8) is 0 Å². The number of rotatable bonds is 6. The van der Waals surface area contributed by atoms with Crippen LogP contribution in [-0.4, -0.2) is 56.9 Å². The number of nitrogens with zero attached hydrogens (tertiary/aromatic N) is 1. The largest absolute Gasteiger partial charge is 0.374 e. The maximum absolute atomic E-state index is 11.7. The van der Waals surface area contributed by atoms with Crippen LogP contribution in [0, 0.1) is 5.92 Å². The van der Waals surface area contributed by atoms with Crippen molar-refractivity contribution >= 4 is 10.0 Å². The van der Waals surface area contributed by atoms with Gasteiger partial charge in [-0.2, -0.15) is 0 Å². The Bertz CT molecular complexity index is 427. The van der Waals surface area contributed by atoms with Gasteiger partial charge in [-0.05, 0) is 51.5 Å². The van der Waals surface area contributed by atoms with Gasteiger partial charge in [0, 0.05) is 19.1 Å². The molecule has 6 heteroatoms. The molecular formula is C15H30N2O3S. The number of piperidine rings is 1. The van der Waals surface area contributed by atoms with Crippen LogP contribution < -0.4 is 5.32 Å². The SMILES string of the molecule is CCNC(CC1CCCN(S(C)(=O)=O)C1)C1CCC(C)O1. The number of ether oxygens (including phenoxy) is 1. The first-order valence-corrected chi connectivity index (χ1v) is 10.1. The van der Waals surface area contributed by atoms with Crippen molar-refractivity contribution in [1.82, 2.24) is 9.62 Å². The summed E-state index contributed by atoms with van der Waals surface area (Å²) in [6.07, 6.45) is 7.31. The third kappa shape index (κ3) is 4.91. The lowest BCUT2D eigenvalue weighted by Gasteiger charge is -2.34. The minimum atomic E-state index is -3.05. The second kappa shape index (κ2) is 7.40. The lowest BCUT2D eigenvalue weighted by atomic mass is 9.89. The highest BCUT2D eigenvalue weighted by molar-refractivity contribution is 7.88. The molecule has 2 aliphatic heterocycles. The van der Waals surface area contributed by atoms with Crippen LogP contribution in [0.2, 0.25) is 0 Å². The molecule has 0 aliphatic carbocycles. The summed E-state index contributed by atoms with van der Waals surface area (Å²) in [7, 11) is -3.05. The second-order valence-electron chi connectivity index (χ2n) is 6.59. The molecule has 0 aromatic carbocycles. The van der Waals surface area contributed by atoms with Gasteiger partial charge >= 0.3 is 0 Å². The van der Waals surface area contributed by atoms with Gasteiger partial charge in [0.15, 0.2) is 0 Å². The lowest BCUT2D eigenvalue weighted by Crippen LogP contribution is -2.45. The quantitative estimate of drug-likeness (QED) is 0.808. The van der Waals surface area contributed by atoms with Crippen molar-refractivity contribution in [1.29, 1.82) is 0 Å². The molecule has 1 N–H and O–H groups in total. The summed E-state index contributed by atoms with van der Waals surface area (Å²) in [6.45, 7) is 6.53. The topological polar surface area (TPSA) is 58.6 Å². The maximum atomic E-state index is 11.7. The van der Waals surface area contributed by atoms with E-state index in [1.807, 2.05) is 0 Å². The molecule has 21 heavy (non-hydrogen) atoms. The van der Waals surface area contributed by atoms with Gasteiger partial charge < -0.3 is 10.1 Å². The summed E-state index contributed by atoms with van der Waals surface area (Å²) >= 11 is 0. The van der Waals surface area contributed by atoms with E-state index in [4.69, 9.17) is 4.74 Å². The zero-order chi connectivity index (χ0) is 15.5. The van der Waals surface area contributed by atoms with Gasteiger partial charge in [0.2, 0.25) is 10.0 Å². The van der Waals surface area contributed by atoms with E-state index in [2.05, 4.69) is 19.2 Å². The fraction of sp³-hybridized carbons (Fsp3) is 1.00. The summed E-state index contributed by atoms with van der Waals surface area (Å²) in [5.74, 6) is 0.442. The highest BCUT2D eigenvalue weighted by atomic mass is 32.2. The van der Waals surface area contributed by atoms with Crippen LogP contribution >= 0.6 is 0 Å². The molecule has 0 amide bonds. The predicted molar refractivity (Wildman–Crippen MR) is 84.8 cm³/mol. The first kappa shape index (κ1) is 17.2. The standard InChI is InChI=1S/C15H30N2O3S/c1-4-16-14(15-8-7-12(2)20-15)10-13-6-5-9-17(11-13)21(3,18)19/h12-16H,4-11H2,1-3H3. The van der Waals surface area contributed by atoms with Crippen LogP contribution in [0.15, 0.2) is 0 Å². The smallest absolute Gasteiger partial charge is 0.211 e. The molecule has 0 aromatic heterocycles. The van der Waals surface area contributed by atoms with Crippen LogP contribution in [0.1, 0.15) is 46.0 Å². The molecule has 124 valence electrons. The van der Waals surface area contributed by atoms with Gasteiger partial charge in [0.1, 0.15) is 0 Å². The Morgan fingerprint density at radius 3 is 2.67 bits per heavy atom. The van der Waals surface area contributed by atoms with Gasteiger partial charge in [-0.3, -0.25) is 0 Å². The highest BCUT2D eigenvalue weighted by Crippen LogP contribution is 2.28. The average molecular weight is 318 g/mol. The van der Waals surface area contributed by atoms with E-state index in [9.17, 15) is 8.42 Å². The zero-order valence-electron chi connectivity index (χ0n) is 13.5. The molecule has 2 saturated heterocycles. The molecule has 0 bridgehead atoms. The fourth-order valence-corrected chi connectivity index (χ4v) is 4.58. The van der Waals surface area contributed by atoms with E-state index in [1.54, 1.807) is 4.31 Å². The number of sulfonamides is 1. The fourth-order valence-electron chi connectivity index (χ4n) is 3.64. The van der Waals surface area contributed by atoms with Crippen LogP contribution in [0.25, 0.3) is 0 Å². The zero-order valence-corrected chi connectivity index (χ0v) is 14.4. The van der Waals surface area contributed by atoms with E-state index < -0.39 is 10.0 Å². The van der Waals surface area contributed by atoms with Crippen molar-refractivity contribution in [3.8, 4) is 0 Å². The Morgan fingerprint density at radius 2 is 2.10 bits per heavy atom. The third-order valence-corrected chi connectivity index (χ3v) is 5.99. The maximum Gasteiger partial charge on any atom is 0.211 e. The molecule has 4 unspecified atom stereocenters. The summed E-state index contributed by atoms with van der Waals surface area (Å²) < 4.78 is 31.1. The Kier molecular flexibility index (Phi) is 6.05. The van der Waals surface area contributed by atoms with Crippen molar-refractivity contribution in [2.24, 2.45) is 5.92 Å². The number of nitrogens with one attached hydrogen (secondary N) is 1. The van der Waals surface area contributed by atoms with E-state index in [1.165, 1.54) is 6.26 Å². The van der Waals surface area contributed by atoms with Crippen molar-refractivity contribution < 1.29 is 13.2 Å². The molecule has 2 rings (SSSR count). The Morgan fingerprint density at radius 1 is 1.33 bits per heavy atom. The lowest BCUT2D eigenvalue weighted by molar-refractivity contribution is 0.0244. The summed E-state index contributed by atoms with van der Waals surface area (Å²) in [4.78, 5) is 0. The van der Waals surface area contributed by atoms with E-state index >= 15 is 0 Å². The molecule has 2 fully saturated rings. The van der Waals surface area contributed by atoms with Gasteiger partial charge in [-0.15, -0.1) is 0 Å². The Balaban J connectivity index is 1.93. The molecule has 2 aliphatic rings. The average Bonchev–Trinajstić information content (AvgIpc) is 2.84. The minimum absolute atomic E-state index is 0.286. The number of hydrogen-bond acceptors (Lipinski definition) is 4. The van der Waals surface area contributed by atoms with E-state index in [0.717, 1.165) is 38.6 Å². The van der Waals surface area contributed by atoms with Gasteiger partial charge in [-0.1, -0.05) is 6.92 Å². The van der Waals surface area contributed by atoms with Gasteiger partial charge in [0.25, 0.3) is 0 Å². The monoisotopic (exact) mass is 318 g/mol. The first-order valence-electron chi connectivity index (χ1n) is 8.24. The van der Waals surface area contributed by atoms with Crippen molar-refractivity contribution in [2.45, 2.75) is 64.2 Å². The third-order valence-electron chi connectivity index (χ3n) is 4.72. The molecule has 4 atom stereocenters. The van der Waals surface area contributed by atoms with E-state index in [0.29, 0.717) is 31.2 Å². The first-order chi connectivity index (χ1) is 9.90. The summed E-state index contributed by atoms with van der Waals surface area (Å²) in [5.41, 5.74) is 0. The normalized spacial score (nSPS) is 33.2. The van der Waals surface area contributed by atoms with Crippen LogP contribution in [0.4, 0.5) is 0 Å². The molecule has 0 aromatic rings. The van der Waals surface area contributed by atoms with E-state index in [-0.39, 0.29) is 6.10 Å². The molecule has 0 saturated carbocycles.